The van der Waals surface area contributed by atoms with Gasteiger partial charge in [0.15, 0.2) is 0 Å². The van der Waals surface area contributed by atoms with Crippen LogP contribution >= 0.6 is 27.5 Å². The summed E-state index contributed by atoms with van der Waals surface area (Å²) in [7, 11) is 0. The number of aliphatic hydroxyl groups is 1. The van der Waals surface area contributed by atoms with E-state index in [4.69, 9.17) is 16.3 Å². The van der Waals surface area contributed by atoms with Crippen molar-refractivity contribution in [1.29, 1.82) is 0 Å². The van der Waals surface area contributed by atoms with Crippen LogP contribution in [0.2, 0.25) is 5.02 Å². The summed E-state index contributed by atoms with van der Waals surface area (Å²) in [6.45, 7) is 1.96. The van der Waals surface area contributed by atoms with Gasteiger partial charge in [0.05, 0.1) is 11.6 Å². The van der Waals surface area contributed by atoms with Crippen LogP contribution in [0.3, 0.4) is 0 Å². The summed E-state index contributed by atoms with van der Waals surface area (Å²) in [4.78, 5) is 4.35. The highest BCUT2D eigenvalue weighted by Gasteiger charge is 2.07. The number of hydrogen-bond donors (Lipinski definition) is 1. The molecule has 2 rings (SSSR count). The molecule has 0 unspecified atom stereocenters. The second kappa shape index (κ2) is 6.37. The van der Waals surface area contributed by atoms with E-state index in [2.05, 4.69) is 20.9 Å². The van der Waals surface area contributed by atoms with Gasteiger partial charge in [0, 0.05) is 16.2 Å². The highest BCUT2D eigenvalue weighted by atomic mass is 79.9. The van der Waals surface area contributed by atoms with E-state index in [1.165, 1.54) is 0 Å². The topological polar surface area (TPSA) is 42.4 Å². The molecule has 0 aliphatic carbocycles. The van der Waals surface area contributed by atoms with Crippen molar-refractivity contribution in [1.82, 2.24) is 4.98 Å². The van der Waals surface area contributed by atoms with Crippen molar-refractivity contribution in [3.8, 4) is 11.6 Å². The molecule has 0 saturated carbocycles. The predicted octanol–water partition coefficient (Wildman–Crippen LogP) is 4.34. The Morgan fingerprint density at radius 3 is 2.74 bits per heavy atom. The standard InChI is InChI=1S/C14H13BrClNO2/c1-2-11-5-9(8-18)6-14(17-11)19-13-4-3-10(15)7-12(13)16/h3-7,18H,2,8H2,1H3. The van der Waals surface area contributed by atoms with Crippen molar-refractivity contribution in [2.24, 2.45) is 0 Å². The Morgan fingerprint density at radius 2 is 2.11 bits per heavy atom. The molecule has 0 bridgehead atoms. The van der Waals surface area contributed by atoms with Gasteiger partial charge in [-0.25, -0.2) is 4.98 Å². The van der Waals surface area contributed by atoms with E-state index in [-0.39, 0.29) is 6.61 Å². The average Bonchev–Trinajstić information content (AvgIpc) is 2.41. The second-order valence-electron chi connectivity index (χ2n) is 3.99. The Labute approximate surface area is 125 Å². The van der Waals surface area contributed by atoms with Crippen LogP contribution in [0, 0.1) is 0 Å². The minimum Gasteiger partial charge on any atom is -0.437 e. The van der Waals surface area contributed by atoms with Gasteiger partial charge < -0.3 is 9.84 Å². The van der Waals surface area contributed by atoms with Crippen LogP contribution in [-0.2, 0) is 13.0 Å². The number of aromatic nitrogens is 1. The van der Waals surface area contributed by atoms with Crippen molar-refractivity contribution >= 4 is 27.5 Å². The van der Waals surface area contributed by atoms with Gasteiger partial charge in [-0.05, 0) is 36.2 Å². The number of pyridine rings is 1. The molecule has 0 aliphatic rings. The second-order valence-corrected chi connectivity index (χ2v) is 5.32. The number of nitrogens with zero attached hydrogens (tertiary/aromatic N) is 1. The smallest absolute Gasteiger partial charge is 0.219 e. The molecule has 100 valence electrons. The lowest BCUT2D eigenvalue weighted by Gasteiger charge is -2.09. The molecule has 1 N–H and O–H groups in total. The molecular weight excluding hydrogens is 330 g/mol. The molecule has 0 atom stereocenters. The van der Waals surface area contributed by atoms with Gasteiger partial charge in [-0.2, -0.15) is 0 Å². The van der Waals surface area contributed by atoms with E-state index >= 15 is 0 Å². The average molecular weight is 343 g/mol. The molecule has 1 aromatic carbocycles. The Morgan fingerprint density at radius 1 is 1.32 bits per heavy atom. The summed E-state index contributed by atoms with van der Waals surface area (Å²) in [6, 6.07) is 8.93. The van der Waals surface area contributed by atoms with E-state index in [0.717, 1.165) is 22.2 Å². The number of rotatable bonds is 4. The first-order valence-electron chi connectivity index (χ1n) is 5.86. The molecule has 0 saturated heterocycles. The first kappa shape index (κ1) is 14.3. The minimum atomic E-state index is -0.0417. The van der Waals surface area contributed by atoms with E-state index in [1.807, 2.05) is 19.1 Å². The van der Waals surface area contributed by atoms with Crippen LogP contribution in [-0.4, -0.2) is 10.1 Å². The molecule has 0 aliphatic heterocycles. The zero-order valence-electron chi connectivity index (χ0n) is 10.4. The number of ether oxygens (including phenoxy) is 1. The highest BCUT2D eigenvalue weighted by molar-refractivity contribution is 9.10. The molecule has 0 spiro atoms. The lowest BCUT2D eigenvalue weighted by Crippen LogP contribution is -1.96. The molecule has 0 radical (unpaired) electrons. The lowest BCUT2D eigenvalue weighted by atomic mass is 10.2. The van der Waals surface area contributed by atoms with Crippen LogP contribution in [0.25, 0.3) is 0 Å². The molecule has 0 fully saturated rings. The van der Waals surface area contributed by atoms with Gasteiger partial charge in [-0.15, -0.1) is 0 Å². The summed E-state index contributed by atoms with van der Waals surface area (Å²) in [5.41, 5.74) is 1.64. The number of benzene rings is 1. The third kappa shape index (κ3) is 3.69. The minimum absolute atomic E-state index is 0.0417. The maximum atomic E-state index is 9.22. The van der Waals surface area contributed by atoms with Crippen LogP contribution in [0.5, 0.6) is 11.6 Å². The highest BCUT2D eigenvalue weighted by Crippen LogP contribution is 2.31. The van der Waals surface area contributed by atoms with Gasteiger partial charge >= 0.3 is 0 Å². The third-order valence-electron chi connectivity index (χ3n) is 2.57. The molecule has 2 aromatic rings. The summed E-state index contributed by atoms with van der Waals surface area (Å²) in [5.74, 6) is 0.974. The Bertz CT molecular complexity index is 567. The van der Waals surface area contributed by atoms with E-state index in [9.17, 15) is 5.11 Å². The zero-order valence-corrected chi connectivity index (χ0v) is 12.7. The van der Waals surface area contributed by atoms with E-state index in [1.54, 1.807) is 18.2 Å². The Kier molecular flexibility index (Phi) is 4.80. The molecular formula is C14H13BrClNO2. The Balaban J connectivity index is 2.31. The fourth-order valence-corrected chi connectivity index (χ4v) is 2.33. The maximum Gasteiger partial charge on any atom is 0.219 e. The van der Waals surface area contributed by atoms with Crippen LogP contribution in [0.1, 0.15) is 18.2 Å². The molecule has 5 heteroatoms. The predicted molar refractivity (Wildman–Crippen MR) is 78.8 cm³/mol. The first-order chi connectivity index (χ1) is 9.12. The SMILES string of the molecule is CCc1cc(CO)cc(Oc2ccc(Br)cc2Cl)n1. The van der Waals surface area contributed by atoms with E-state index in [0.29, 0.717) is 16.7 Å². The quantitative estimate of drug-likeness (QED) is 0.898. The van der Waals surface area contributed by atoms with Gasteiger partial charge in [-0.1, -0.05) is 34.5 Å². The van der Waals surface area contributed by atoms with Crippen LogP contribution < -0.4 is 4.74 Å². The summed E-state index contributed by atoms with van der Waals surface area (Å²) < 4.78 is 6.56. The normalized spacial score (nSPS) is 10.5. The molecule has 0 amide bonds. The van der Waals surface area contributed by atoms with Gasteiger partial charge in [-0.3, -0.25) is 0 Å². The van der Waals surface area contributed by atoms with Crippen molar-refractivity contribution in [2.45, 2.75) is 20.0 Å². The molecule has 1 heterocycles. The molecule has 19 heavy (non-hydrogen) atoms. The van der Waals surface area contributed by atoms with Gasteiger partial charge in [0.1, 0.15) is 5.75 Å². The monoisotopic (exact) mass is 341 g/mol. The fraction of sp³-hybridized carbons (Fsp3) is 0.214. The van der Waals surface area contributed by atoms with Crippen molar-refractivity contribution < 1.29 is 9.84 Å². The number of hydrogen-bond acceptors (Lipinski definition) is 3. The fourth-order valence-electron chi connectivity index (χ4n) is 1.62. The first-order valence-corrected chi connectivity index (χ1v) is 7.03. The van der Waals surface area contributed by atoms with E-state index < -0.39 is 0 Å². The lowest BCUT2D eigenvalue weighted by molar-refractivity contribution is 0.281. The third-order valence-corrected chi connectivity index (χ3v) is 3.36. The number of halogens is 2. The van der Waals surface area contributed by atoms with Gasteiger partial charge in [0.25, 0.3) is 0 Å². The van der Waals surface area contributed by atoms with Crippen molar-refractivity contribution in [3.05, 3.63) is 51.1 Å². The van der Waals surface area contributed by atoms with Crippen molar-refractivity contribution in [3.63, 3.8) is 0 Å². The summed E-state index contributed by atoms with van der Waals surface area (Å²) in [5, 5.41) is 9.73. The Hall–Kier alpha value is -1.10. The molecule has 1 aromatic heterocycles. The number of aliphatic hydroxyl groups excluding tert-OH is 1. The maximum absolute atomic E-state index is 9.22. The van der Waals surface area contributed by atoms with Crippen LogP contribution in [0.4, 0.5) is 0 Å². The largest absolute Gasteiger partial charge is 0.437 e. The number of aryl methyl sites for hydroxylation is 1. The molecule has 3 nitrogen and oxygen atoms in total. The van der Waals surface area contributed by atoms with Crippen molar-refractivity contribution in [2.75, 3.05) is 0 Å². The zero-order chi connectivity index (χ0) is 13.8. The van der Waals surface area contributed by atoms with Gasteiger partial charge in [0.2, 0.25) is 5.88 Å². The summed E-state index contributed by atoms with van der Waals surface area (Å²) in [6.07, 6.45) is 0.776. The van der Waals surface area contributed by atoms with Crippen LogP contribution in [0.15, 0.2) is 34.8 Å². The summed E-state index contributed by atoms with van der Waals surface area (Å²) >= 11 is 9.43.